The Labute approximate surface area is 107 Å². The summed E-state index contributed by atoms with van der Waals surface area (Å²) in [5.41, 5.74) is 2.96. The maximum atomic E-state index is 12.5. The quantitative estimate of drug-likeness (QED) is 0.836. The lowest BCUT2D eigenvalue weighted by Gasteiger charge is -2.10. The topological polar surface area (TPSA) is 52.0 Å². The first-order valence-electron chi connectivity index (χ1n) is 5.68. The molecule has 96 valence electrons. The molecule has 0 aliphatic rings. The van der Waals surface area contributed by atoms with Gasteiger partial charge in [-0.15, -0.1) is 0 Å². The highest BCUT2D eigenvalue weighted by Gasteiger charge is 2.22. The molecule has 0 N–H and O–H groups in total. The zero-order valence-electron chi connectivity index (χ0n) is 10.9. The summed E-state index contributed by atoms with van der Waals surface area (Å²) in [4.78, 5) is 0.314. The van der Waals surface area contributed by atoms with E-state index in [2.05, 4.69) is 5.10 Å². The van der Waals surface area contributed by atoms with Crippen molar-refractivity contribution in [1.82, 2.24) is 9.19 Å². The Morgan fingerprint density at radius 1 is 1.06 bits per heavy atom. The molecule has 0 amide bonds. The fraction of sp³-hybridized carbons (Fsp3) is 0.308. The van der Waals surface area contributed by atoms with Crippen LogP contribution in [-0.2, 0) is 10.0 Å². The summed E-state index contributed by atoms with van der Waals surface area (Å²) >= 11 is 0. The van der Waals surface area contributed by atoms with Crippen LogP contribution in [0.25, 0.3) is 0 Å². The standard InChI is InChI=1S/C13H16N2O2S/c1-9-5-6-10(2)13(7-9)18(16,17)15-12(4)8-11(3)14-15/h5-8H,1-4H3. The second kappa shape index (κ2) is 4.24. The fourth-order valence-corrected chi connectivity index (χ4v) is 3.59. The van der Waals surface area contributed by atoms with Crippen molar-refractivity contribution >= 4 is 10.0 Å². The second-order valence-electron chi connectivity index (χ2n) is 4.54. The van der Waals surface area contributed by atoms with Crippen molar-refractivity contribution in [3.8, 4) is 0 Å². The lowest BCUT2D eigenvalue weighted by atomic mass is 10.2. The van der Waals surface area contributed by atoms with Crippen LogP contribution in [-0.4, -0.2) is 17.6 Å². The van der Waals surface area contributed by atoms with Gasteiger partial charge in [0.15, 0.2) is 0 Å². The van der Waals surface area contributed by atoms with Gasteiger partial charge in [-0.2, -0.15) is 17.6 Å². The number of hydrogen-bond donors (Lipinski definition) is 0. The lowest BCUT2D eigenvalue weighted by molar-refractivity contribution is 0.577. The number of hydrogen-bond acceptors (Lipinski definition) is 3. The van der Waals surface area contributed by atoms with Gasteiger partial charge in [-0.25, -0.2) is 0 Å². The van der Waals surface area contributed by atoms with Crippen LogP contribution < -0.4 is 0 Å². The Kier molecular flexibility index (Phi) is 3.02. The van der Waals surface area contributed by atoms with Gasteiger partial charge in [-0.3, -0.25) is 0 Å². The molecule has 1 aromatic carbocycles. The third-order valence-corrected chi connectivity index (χ3v) is 4.64. The lowest BCUT2D eigenvalue weighted by Crippen LogP contribution is -2.17. The molecule has 4 nitrogen and oxygen atoms in total. The van der Waals surface area contributed by atoms with Crippen molar-refractivity contribution in [2.45, 2.75) is 32.6 Å². The van der Waals surface area contributed by atoms with Gasteiger partial charge in [0.1, 0.15) is 0 Å². The van der Waals surface area contributed by atoms with Gasteiger partial charge in [-0.05, 0) is 51.0 Å². The highest BCUT2D eigenvalue weighted by molar-refractivity contribution is 7.90. The summed E-state index contributed by atoms with van der Waals surface area (Å²) in [6.07, 6.45) is 0. The molecule has 1 heterocycles. The van der Waals surface area contributed by atoms with E-state index in [9.17, 15) is 8.42 Å². The maximum Gasteiger partial charge on any atom is 0.283 e. The number of aromatic nitrogens is 2. The smallest absolute Gasteiger partial charge is 0.199 e. The van der Waals surface area contributed by atoms with Crippen molar-refractivity contribution in [2.75, 3.05) is 0 Å². The van der Waals surface area contributed by atoms with Crippen LogP contribution in [0, 0.1) is 27.7 Å². The maximum absolute atomic E-state index is 12.5. The zero-order valence-corrected chi connectivity index (χ0v) is 11.7. The van der Waals surface area contributed by atoms with Gasteiger partial charge >= 0.3 is 0 Å². The third-order valence-electron chi connectivity index (χ3n) is 2.82. The van der Waals surface area contributed by atoms with E-state index in [-0.39, 0.29) is 0 Å². The average molecular weight is 264 g/mol. The van der Waals surface area contributed by atoms with Gasteiger partial charge in [-0.1, -0.05) is 12.1 Å². The molecule has 2 aromatic rings. The molecule has 0 saturated carbocycles. The Hall–Kier alpha value is -1.62. The predicted octanol–water partition coefficient (Wildman–Crippen LogP) is 2.35. The number of nitrogens with zero attached hydrogens (tertiary/aromatic N) is 2. The van der Waals surface area contributed by atoms with Crippen molar-refractivity contribution in [1.29, 1.82) is 0 Å². The third kappa shape index (κ3) is 2.06. The molecule has 0 unspecified atom stereocenters. The van der Waals surface area contributed by atoms with Crippen LogP contribution >= 0.6 is 0 Å². The van der Waals surface area contributed by atoms with Gasteiger partial charge < -0.3 is 0 Å². The fourth-order valence-electron chi connectivity index (χ4n) is 1.93. The van der Waals surface area contributed by atoms with Crippen LogP contribution in [0.1, 0.15) is 22.5 Å². The molecule has 0 saturated heterocycles. The van der Waals surface area contributed by atoms with Crippen molar-refractivity contribution in [3.05, 3.63) is 46.8 Å². The second-order valence-corrected chi connectivity index (χ2v) is 6.28. The Bertz CT molecular complexity index is 700. The average Bonchev–Trinajstić information content (AvgIpc) is 2.62. The van der Waals surface area contributed by atoms with Crippen LogP contribution in [0.3, 0.4) is 0 Å². The van der Waals surface area contributed by atoms with E-state index in [1.54, 1.807) is 32.9 Å². The molecule has 0 atom stereocenters. The van der Waals surface area contributed by atoms with E-state index < -0.39 is 10.0 Å². The van der Waals surface area contributed by atoms with E-state index in [1.807, 2.05) is 19.1 Å². The largest absolute Gasteiger partial charge is 0.283 e. The SMILES string of the molecule is Cc1ccc(C)c(S(=O)(=O)n2nc(C)cc2C)c1. The van der Waals surface area contributed by atoms with Gasteiger partial charge in [0.05, 0.1) is 16.3 Å². The number of aryl methyl sites for hydroxylation is 4. The van der Waals surface area contributed by atoms with Gasteiger partial charge in [0.2, 0.25) is 0 Å². The molecule has 2 rings (SSSR count). The molecule has 5 heteroatoms. The first-order valence-corrected chi connectivity index (χ1v) is 7.12. The molecule has 0 fully saturated rings. The number of rotatable bonds is 2. The highest BCUT2D eigenvalue weighted by Crippen LogP contribution is 2.20. The summed E-state index contributed by atoms with van der Waals surface area (Å²) in [7, 11) is -3.60. The van der Waals surface area contributed by atoms with E-state index in [4.69, 9.17) is 0 Å². The summed E-state index contributed by atoms with van der Waals surface area (Å²) < 4.78 is 26.2. The van der Waals surface area contributed by atoms with Gasteiger partial charge in [0.25, 0.3) is 10.0 Å². The van der Waals surface area contributed by atoms with Crippen LogP contribution in [0.2, 0.25) is 0 Å². The van der Waals surface area contributed by atoms with E-state index in [0.29, 0.717) is 16.3 Å². The monoisotopic (exact) mass is 264 g/mol. The molecular formula is C13H16N2O2S. The highest BCUT2D eigenvalue weighted by atomic mass is 32.2. The molecule has 0 aliphatic carbocycles. The minimum Gasteiger partial charge on any atom is -0.199 e. The summed E-state index contributed by atoms with van der Waals surface area (Å²) in [5.74, 6) is 0. The van der Waals surface area contributed by atoms with E-state index >= 15 is 0 Å². The normalized spacial score (nSPS) is 11.8. The van der Waals surface area contributed by atoms with Crippen molar-refractivity contribution < 1.29 is 8.42 Å². The summed E-state index contributed by atoms with van der Waals surface area (Å²) in [5, 5.41) is 4.06. The molecule has 0 bridgehead atoms. The molecular weight excluding hydrogens is 248 g/mol. The molecule has 0 aliphatic heterocycles. The molecule has 1 aromatic heterocycles. The minimum atomic E-state index is -3.60. The Morgan fingerprint density at radius 2 is 1.72 bits per heavy atom. The van der Waals surface area contributed by atoms with Crippen LogP contribution in [0.4, 0.5) is 0 Å². The first-order chi connectivity index (χ1) is 8.32. The van der Waals surface area contributed by atoms with E-state index in [1.165, 1.54) is 0 Å². The van der Waals surface area contributed by atoms with E-state index in [0.717, 1.165) is 15.2 Å². The van der Waals surface area contributed by atoms with Crippen molar-refractivity contribution in [3.63, 3.8) is 0 Å². The molecule has 18 heavy (non-hydrogen) atoms. The van der Waals surface area contributed by atoms with Crippen molar-refractivity contribution in [2.24, 2.45) is 0 Å². The molecule has 0 spiro atoms. The molecule has 0 radical (unpaired) electrons. The van der Waals surface area contributed by atoms with Crippen LogP contribution in [0.15, 0.2) is 29.2 Å². The number of benzene rings is 1. The van der Waals surface area contributed by atoms with Gasteiger partial charge in [0, 0.05) is 0 Å². The van der Waals surface area contributed by atoms with Crippen LogP contribution in [0.5, 0.6) is 0 Å². The first kappa shape index (κ1) is 12.8. The Morgan fingerprint density at radius 3 is 2.28 bits per heavy atom. The Balaban J connectivity index is 2.69. The predicted molar refractivity (Wildman–Crippen MR) is 70.2 cm³/mol. The summed E-state index contributed by atoms with van der Waals surface area (Å²) in [6, 6.07) is 7.15. The summed E-state index contributed by atoms with van der Waals surface area (Å²) in [6.45, 7) is 7.18. The zero-order chi connectivity index (χ0) is 13.5. The minimum absolute atomic E-state index is 0.314.